The van der Waals surface area contributed by atoms with Crippen molar-refractivity contribution in [2.24, 2.45) is 0 Å². The molecule has 0 aliphatic carbocycles. The van der Waals surface area contributed by atoms with Gasteiger partial charge in [0.1, 0.15) is 0 Å². The number of alkyl halides is 2. The summed E-state index contributed by atoms with van der Waals surface area (Å²) in [6.07, 6.45) is -1.25. The van der Waals surface area contributed by atoms with Crippen LogP contribution < -0.4 is 5.32 Å². The van der Waals surface area contributed by atoms with Crippen LogP contribution in [0.5, 0.6) is 0 Å². The number of hydrogen-bond donors (Lipinski definition) is 1. The molecule has 0 spiro atoms. The molecule has 0 radical (unpaired) electrons. The van der Waals surface area contributed by atoms with E-state index in [1.807, 2.05) is 7.05 Å². The molecule has 0 aromatic heterocycles. The Morgan fingerprint density at radius 3 is 2.67 bits per heavy atom. The third-order valence-corrected chi connectivity index (χ3v) is 2.45. The van der Waals surface area contributed by atoms with Gasteiger partial charge in [-0.3, -0.25) is 0 Å². The Labute approximate surface area is 71.9 Å². The van der Waals surface area contributed by atoms with E-state index in [-0.39, 0.29) is 12.6 Å². The Kier molecular flexibility index (Phi) is 3.40. The van der Waals surface area contributed by atoms with Crippen LogP contribution in [0.2, 0.25) is 0 Å². The summed E-state index contributed by atoms with van der Waals surface area (Å²) in [6.45, 7) is 2.82. The average molecular weight is 178 g/mol. The summed E-state index contributed by atoms with van der Waals surface area (Å²) in [4.78, 5) is 2.18. The van der Waals surface area contributed by atoms with Gasteiger partial charge in [0.15, 0.2) is 0 Å². The fourth-order valence-electron chi connectivity index (χ4n) is 1.60. The van der Waals surface area contributed by atoms with E-state index >= 15 is 0 Å². The van der Waals surface area contributed by atoms with Crippen LogP contribution in [0, 0.1) is 0 Å². The Balaban J connectivity index is 2.19. The largest absolute Gasteiger partial charge is 0.307 e. The number of halogens is 2. The lowest BCUT2D eigenvalue weighted by atomic mass is 10.2. The zero-order valence-corrected chi connectivity index (χ0v) is 7.56. The zero-order valence-electron chi connectivity index (χ0n) is 7.56. The molecule has 2 unspecified atom stereocenters. The average Bonchev–Trinajstić information content (AvgIpc) is 2.28. The van der Waals surface area contributed by atoms with Crippen molar-refractivity contribution in [1.29, 1.82) is 0 Å². The van der Waals surface area contributed by atoms with E-state index in [0.29, 0.717) is 6.04 Å². The topological polar surface area (TPSA) is 15.3 Å². The van der Waals surface area contributed by atoms with E-state index in [0.717, 1.165) is 13.0 Å². The molecule has 1 fully saturated rings. The Morgan fingerprint density at radius 2 is 2.25 bits per heavy atom. The van der Waals surface area contributed by atoms with Crippen LogP contribution in [0.4, 0.5) is 8.78 Å². The second-order valence-electron chi connectivity index (χ2n) is 3.52. The molecule has 12 heavy (non-hydrogen) atoms. The van der Waals surface area contributed by atoms with Gasteiger partial charge < -0.3 is 10.2 Å². The number of nitrogens with zero attached hydrogens (tertiary/aromatic N) is 1. The second-order valence-corrected chi connectivity index (χ2v) is 3.52. The highest BCUT2D eigenvalue weighted by Gasteiger charge is 2.25. The van der Waals surface area contributed by atoms with Crippen LogP contribution in [-0.2, 0) is 0 Å². The molecule has 1 heterocycles. The standard InChI is InChI=1S/C8H16F2N2/c1-6-3-7(5-12(6)2)11-4-8(9)10/h6-8,11H,3-5H2,1-2H3. The van der Waals surface area contributed by atoms with Crippen molar-refractivity contribution in [2.75, 3.05) is 20.1 Å². The van der Waals surface area contributed by atoms with E-state index in [1.54, 1.807) is 0 Å². The Morgan fingerprint density at radius 1 is 1.58 bits per heavy atom. The fourth-order valence-corrected chi connectivity index (χ4v) is 1.60. The van der Waals surface area contributed by atoms with Crippen molar-refractivity contribution < 1.29 is 8.78 Å². The minimum Gasteiger partial charge on any atom is -0.307 e. The quantitative estimate of drug-likeness (QED) is 0.691. The van der Waals surface area contributed by atoms with Crippen molar-refractivity contribution in [3.8, 4) is 0 Å². The van der Waals surface area contributed by atoms with E-state index in [4.69, 9.17) is 0 Å². The molecule has 0 amide bonds. The Bertz CT molecular complexity index is 131. The predicted molar refractivity (Wildman–Crippen MR) is 44.5 cm³/mol. The van der Waals surface area contributed by atoms with E-state index in [1.165, 1.54) is 0 Å². The lowest BCUT2D eigenvalue weighted by Gasteiger charge is -2.12. The molecule has 1 N–H and O–H groups in total. The monoisotopic (exact) mass is 178 g/mol. The molecule has 0 saturated carbocycles. The number of nitrogens with one attached hydrogen (secondary N) is 1. The number of likely N-dealkylation sites (N-methyl/N-ethyl adjacent to an activating group) is 1. The first-order valence-corrected chi connectivity index (χ1v) is 4.31. The molecule has 1 aliphatic rings. The zero-order chi connectivity index (χ0) is 9.14. The molecule has 0 aromatic carbocycles. The third kappa shape index (κ3) is 2.68. The predicted octanol–water partition coefficient (Wildman–Crippen LogP) is 0.934. The minimum absolute atomic E-state index is 0.175. The summed E-state index contributed by atoms with van der Waals surface area (Å²) in [5.74, 6) is 0. The molecule has 1 saturated heterocycles. The summed E-state index contributed by atoms with van der Waals surface area (Å²) in [5.41, 5.74) is 0. The third-order valence-electron chi connectivity index (χ3n) is 2.45. The highest BCUT2D eigenvalue weighted by molar-refractivity contribution is 4.84. The van der Waals surface area contributed by atoms with Crippen LogP contribution in [0.3, 0.4) is 0 Å². The maximum Gasteiger partial charge on any atom is 0.250 e. The van der Waals surface area contributed by atoms with Gasteiger partial charge in [-0.25, -0.2) is 8.78 Å². The summed E-state index contributed by atoms with van der Waals surface area (Å²) >= 11 is 0. The van der Waals surface area contributed by atoms with Crippen molar-refractivity contribution >= 4 is 0 Å². The summed E-state index contributed by atoms with van der Waals surface area (Å²) in [7, 11) is 2.02. The first-order valence-electron chi connectivity index (χ1n) is 4.31. The lowest BCUT2D eigenvalue weighted by Crippen LogP contribution is -2.34. The maximum absolute atomic E-state index is 11.8. The van der Waals surface area contributed by atoms with Gasteiger partial charge in [-0.15, -0.1) is 0 Å². The van der Waals surface area contributed by atoms with Gasteiger partial charge in [0.2, 0.25) is 0 Å². The highest BCUT2D eigenvalue weighted by atomic mass is 19.3. The van der Waals surface area contributed by atoms with Crippen LogP contribution in [0.15, 0.2) is 0 Å². The SMILES string of the molecule is CC1CC(NCC(F)F)CN1C. The molecule has 1 aliphatic heterocycles. The van der Waals surface area contributed by atoms with Gasteiger partial charge in [-0.1, -0.05) is 0 Å². The van der Waals surface area contributed by atoms with E-state index in [2.05, 4.69) is 17.1 Å². The fraction of sp³-hybridized carbons (Fsp3) is 1.00. The van der Waals surface area contributed by atoms with Gasteiger partial charge in [0, 0.05) is 18.6 Å². The molecule has 4 heteroatoms. The van der Waals surface area contributed by atoms with Gasteiger partial charge >= 0.3 is 0 Å². The molecular weight excluding hydrogens is 162 g/mol. The van der Waals surface area contributed by atoms with Crippen molar-refractivity contribution in [3.05, 3.63) is 0 Å². The molecule has 1 rings (SSSR count). The van der Waals surface area contributed by atoms with Crippen molar-refractivity contribution in [3.63, 3.8) is 0 Å². The van der Waals surface area contributed by atoms with E-state index < -0.39 is 6.43 Å². The maximum atomic E-state index is 11.8. The normalized spacial score (nSPS) is 31.8. The molecule has 2 atom stereocenters. The first-order chi connectivity index (χ1) is 5.59. The summed E-state index contributed by atoms with van der Waals surface area (Å²) in [5, 5.41) is 2.85. The molecule has 2 nitrogen and oxygen atoms in total. The molecule has 72 valence electrons. The Hall–Kier alpha value is -0.220. The van der Waals surface area contributed by atoms with Gasteiger partial charge in [-0.2, -0.15) is 0 Å². The lowest BCUT2D eigenvalue weighted by molar-refractivity contribution is 0.141. The van der Waals surface area contributed by atoms with E-state index in [9.17, 15) is 8.78 Å². The van der Waals surface area contributed by atoms with Crippen LogP contribution in [0.1, 0.15) is 13.3 Å². The number of rotatable bonds is 3. The molecule has 0 aromatic rings. The van der Waals surface area contributed by atoms with Gasteiger partial charge in [0.25, 0.3) is 6.43 Å². The minimum atomic E-state index is -2.23. The van der Waals surface area contributed by atoms with Gasteiger partial charge in [-0.05, 0) is 20.4 Å². The van der Waals surface area contributed by atoms with Crippen LogP contribution in [0.25, 0.3) is 0 Å². The van der Waals surface area contributed by atoms with Crippen LogP contribution >= 0.6 is 0 Å². The number of hydrogen-bond acceptors (Lipinski definition) is 2. The number of likely N-dealkylation sites (tertiary alicyclic amines) is 1. The van der Waals surface area contributed by atoms with Crippen molar-refractivity contribution in [2.45, 2.75) is 31.9 Å². The molecular formula is C8H16F2N2. The molecule has 0 bridgehead atoms. The van der Waals surface area contributed by atoms with Gasteiger partial charge in [0.05, 0.1) is 6.54 Å². The smallest absolute Gasteiger partial charge is 0.250 e. The second kappa shape index (κ2) is 4.14. The van der Waals surface area contributed by atoms with Crippen LogP contribution in [-0.4, -0.2) is 43.5 Å². The first kappa shape index (κ1) is 9.86. The van der Waals surface area contributed by atoms with Crippen molar-refractivity contribution in [1.82, 2.24) is 10.2 Å². The highest BCUT2D eigenvalue weighted by Crippen LogP contribution is 2.14. The summed E-state index contributed by atoms with van der Waals surface area (Å²) < 4.78 is 23.6. The summed E-state index contributed by atoms with van der Waals surface area (Å²) in [6, 6.07) is 0.763.